The van der Waals surface area contributed by atoms with E-state index in [0.717, 1.165) is 31.2 Å². The van der Waals surface area contributed by atoms with Gasteiger partial charge in [0.15, 0.2) is 0 Å². The average Bonchev–Trinajstić information content (AvgIpc) is 2.47. The number of nitrogens with one attached hydrogen (secondary N) is 1. The van der Waals surface area contributed by atoms with E-state index in [0.29, 0.717) is 5.92 Å². The van der Waals surface area contributed by atoms with Gasteiger partial charge in [0.05, 0.1) is 7.11 Å². The molecule has 0 bridgehead atoms. The summed E-state index contributed by atoms with van der Waals surface area (Å²) in [6.07, 6.45) is 4.90. The van der Waals surface area contributed by atoms with Crippen LogP contribution in [0.1, 0.15) is 45.6 Å². The lowest BCUT2D eigenvalue weighted by atomic mass is 9.89. The lowest BCUT2D eigenvalue weighted by molar-refractivity contribution is 0.362. The van der Waals surface area contributed by atoms with E-state index in [4.69, 9.17) is 4.74 Å². The van der Waals surface area contributed by atoms with Gasteiger partial charge in [-0.25, -0.2) is 0 Å². The molecule has 1 rings (SSSR count). The second-order valence-electron chi connectivity index (χ2n) is 5.87. The van der Waals surface area contributed by atoms with Crippen LogP contribution in [-0.4, -0.2) is 20.2 Å². The molecule has 0 aliphatic carbocycles. The number of hydrogen-bond acceptors (Lipinski definition) is 2. The minimum atomic E-state index is 0.712. The summed E-state index contributed by atoms with van der Waals surface area (Å²) in [5.41, 5.74) is 1.39. The van der Waals surface area contributed by atoms with Crippen molar-refractivity contribution in [2.75, 3.05) is 20.2 Å². The van der Waals surface area contributed by atoms with Crippen LogP contribution in [0.2, 0.25) is 0 Å². The van der Waals surface area contributed by atoms with E-state index in [2.05, 4.69) is 44.3 Å². The largest absolute Gasteiger partial charge is 0.497 e. The maximum atomic E-state index is 5.32. The van der Waals surface area contributed by atoms with Crippen LogP contribution in [0.3, 0.4) is 0 Å². The summed E-state index contributed by atoms with van der Waals surface area (Å²) in [7, 11) is 1.73. The molecular formula is C18H31NO. The van der Waals surface area contributed by atoms with Gasteiger partial charge in [0, 0.05) is 0 Å². The van der Waals surface area contributed by atoms with Crippen molar-refractivity contribution in [3.8, 4) is 5.75 Å². The van der Waals surface area contributed by atoms with E-state index in [1.807, 2.05) is 6.07 Å². The van der Waals surface area contributed by atoms with Crippen molar-refractivity contribution in [3.63, 3.8) is 0 Å². The monoisotopic (exact) mass is 277 g/mol. The zero-order valence-corrected chi connectivity index (χ0v) is 13.6. The molecule has 0 amide bonds. The molecule has 1 aromatic carbocycles. The highest BCUT2D eigenvalue weighted by atomic mass is 16.5. The van der Waals surface area contributed by atoms with Crippen molar-refractivity contribution in [1.82, 2.24) is 5.32 Å². The third-order valence-corrected chi connectivity index (χ3v) is 3.95. The number of hydrogen-bond donors (Lipinski definition) is 1. The van der Waals surface area contributed by atoms with Crippen molar-refractivity contribution in [2.45, 2.75) is 46.5 Å². The number of ether oxygens (including phenoxy) is 1. The predicted molar refractivity (Wildman–Crippen MR) is 87.4 cm³/mol. The second kappa shape index (κ2) is 9.82. The fourth-order valence-corrected chi connectivity index (χ4v) is 2.59. The van der Waals surface area contributed by atoms with Gasteiger partial charge in [-0.1, -0.05) is 39.3 Å². The first kappa shape index (κ1) is 17.0. The van der Waals surface area contributed by atoms with Gasteiger partial charge in [-0.2, -0.15) is 0 Å². The molecule has 0 saturated carbocycles. The SMILES string of the molecule is CCCNCC(Cc1cccc(OC)c1)CC(C)CC. The van der Waals surface area contributed by atoms with Crippen molar-refractivity contribution in [1.29, 1.82) is 0 Å². The maximum absolute atomic E-state index is 5.32. The van der Waals surface area contributed by atoms with Crippen LogP contribution >= 0.6 is 0 Å². The van der Waals surface area contributed by atoms with Crippen LogP contribution in [0.5, 0.6) is 5.75 Å². The molecule has 0 spiro atoms. The molecule has 0 fully saturated rings. The topological polar surface area (TPSA) is 21.3 Å². The van der Waals surface area contributed by atoms with Gasteiger partial charge in [-0.05, 0) is 61.9 Å². The third-order valence-electron chi connectivity index (χ3n) is 3.95. The Bertz CT molecular complexity index is 364. The second-order valence-corrected chi connectivity index (χ2v) is 5.87. The summed E-state index contributed by atoms with van der Waals surface area (Å²) in [6, 6.07) is 8.49. The number of benzene rings is 1. The molecule has 2 unspecified atom stereocenters. The normalized spacial score (nSPS) is 14.0. The highest BCUT2D eigenvalue weighted by Crippen LogP contribution is 2.21. The van der Waals surface area contributed by atoms with E-state index >= 15 is 0 Å². The highest BCUT2D eigenvalue weighted by molar-refractivity contribution is 5.28. The quantitative estimate of drug-likeness (QED) is 0.644. The molecule has 1 N–H and O–H groups in total. The van der Waals surface area contributed by atoms with E-state index in [1.54, 1.807) is 7.11 Å². The Kier molecular flexibility index (Phi) is 8.36. The van der Waals surface area contributed by atoms with Crippen LogP contribution in [0.4, 0.5) is 0 Å². The van der Waals surface area contributed by atoms with Crippen molar-refractivity contribution in [3.05, 3.63) is 29.8 Å². The van der Waals surface area contributed by atoms with Crippen LogP contribution in [0.25, 0.3) is 0 Å². The first-order valence-corrected chi connectivity index (χ1v) is 8.03. The van der Waals surface area contributed by atoms with Crippen LogP contribution in [-0.2, 0) is 6.42 Å². The summed E-state index contributed by atoms with van der Waals surface area (Å²) < 4.78 is 5.32. The van der Waals surface area contributed by atoms with Gasteiger partial charge >= 0.3 is 0 Å². The molecule has 0 heterocycles. The molecule has 0 aromatic heterocycles. The van der Waals surface area contributed by atoms with E-state index in [9.17, 15) is 0 Å². The van der Waals surface area contributed by atoms with Crippen molar-refractivity contribution < 1.29 is 4.74 Å². The summed E-state index contributed by atoms with van der Waals surface area (Å²) in [5, 5.41) is 3.58. The Balaban J connectivity index is 2.61. The van der Waals surface area contributed by atoms with Gasteiger partial charge in [0.25, 0.3) is 0 Å². The first-order valence-electron chi connectivity index (χ1n) is 8.03. The molecule has 2 atom stereocenters. The molecule has 0 aliphatic rings. The standard InChI is InChI=1S/C18H31NO/c1-5-10-19-14-17(11-15(3)6-2)12-16-8-7-9-18(13-16)20-4/h7-9,13,15,17,19H,5-6,10-12,14H2,1-4H3. The summed E-state index contributed by atoms with van der Waals surface area (Å²) in [6.45, 7) is 9.11. The van der Waals surface area contributed by atoms with Gasteiger partial charge in [-0.3, -0.25) is 0 Å². The summed E-state index contributed by atoms with van der Waals surface area (Å²) in [5.74, 6) is 2.48. The van der Waals surface area contributed by atoms with Crippen LogP contribution in [0, 0.1) is 11.8 Å². The Labute approximate surface area is 124 Å². The summed E-state index contributed by atoms with van der Waals surface area (Å²) >= 11 is 0. The molecule has 114 valence electrons. The lowest BCUT2D eigenvalue weighted by Crippen LogP contribution is -2.26. The Morgan fingerprint density at radius 3 is 2.70 bits per heavy atom. The van der Waals surface area contributed by atoms with Gasteiger partial charge in [0.2, 0.25) is 0 Å². The minimum Gasteiger partial charge on any atom is -0.497 e. The highest BCUT2D eigenvalue weighted by Gasteiger charge is 2.13. The van der Waals surface area contributed by atoms with E-state index in [1.165, 1.54) is 24.8 Å². The van der Waals surface area contributed by atoms with Crippen LogP contribution in [0.15, 0.2) is 24.3 Å². The fourth-order valence-electron chi connectivity index (χ4n) is 2.59. The average molecular weight is 277 g/mol. The Morgan fingerprint density at radius 1 is 1.25 bits per heavy atom. The van der Waals surface area contributed by atoms with Crippen LogP contribution < -0.4 is 10.1 Å². The molecule has 1 aromatic rings. The molecule has 2 heteroatoms. The minimum absolute atomic E-state index is 0.712. The zero-order valence-electron chi connectivity index (χ0n) is 13.6. The zero-order chi connectivity index (χ0) is 14.8. The van der Waals surface area contributed by atoms with Crippen molar-refractivity contribution in [2.24, 2.45) is 11.8 Å². The molecular weight excluding hydrogens is 246 g/mol. The molecule has 0 saturated heterocycles. The lowest BCUT2D eigenvalue weighted by Gasteiger charge is -2.21. The number of rotatable bonds is 10. The van der Waals surface area contributed by atoms with Gasteiger partial charge < -0.3 is 10.1 Å². The van der Waals surface area contributed by atoms with E-state index in [-0.39, 0.29) is 0 Å². The molecule has 0 radical (unpaired) electrons. The molecule has 20 heavy (non-hydrogen) atoms. The summed E-state index contributed by atoms with van der Waals surface area (Å²) in [4.78, 5) is 0. The smallest absolute Gasteiger partial charge is 0.119 e. The predicted octanol–water partition coefficient (Wildman–Crippen LogP) is 4.29. The fraction of sp³-hybridized carbons (Fsp3) is 0.667. The molecule has 2 nitrogen and oxygen atoms in total. The van der Waals surface area contributed by atoms with Gasteiger partial charge in [-0.15, -0.1) is 0 Å². The third kappa shape index (κ3) is 6.42. The first-order chi connectivity index (χ1) is 9.69. The van der Waals surface area contributed by atoms with Gasteiger partial charge in [0.1, 0.15) is 5.75 Å². The Morgan fingerprint density at radius 2 is 2.05 bits per heavy atom. The Hall–Kier alpha value is -1.02. The number of methoxy groups -OCH3 is 1. The van der Waals surface area contributed by atoms with Crippen molar-refractivity contribution >= 4 is 0 Å². The molecule has 0 aliphatic heterocycles. The maximum Gasteiger partial charge on any atom is 0.119 e. The van der Waals surface area contributed by atoms with E-state index < -0.39 is 0 Å².